The van der Waals surface area contributed by atoms with Crippen molar-refractivity contribution in [3.63, 3.8) is 0 Å². The molecule has 0 saturated carbocycles. The van der Waals surface area contributed by atoms with Gasteiger partial charge in [-0.1, -0.05) is 0 Å². The Kier molecular flexibility index (Phi) is 3.67. The van der Waals surface area contributed by atoms with Crippen molar-refractivity contribution in [1.82, 2.24) is 0 Å². The maximum Gasteiger partial charge on any atom is 0.117 e. The molecule has 0 aliphatic carbocycles. The first kappa shape index (κ1) is 10.1. The lowest BCUT2D eigenvalue weighted by molar-refractivity contribution is -0.0138. The van der Waals surface area contributed by atoms with Gasteiger partial charge in [0.25, 0.3) is 0 Å². The largest absolute Gasteiger partial charge is 0.394 e. The number of thiophene rings is 1. The number of hydrogen-bond donors (Lipinski definition) is 3. The number of rotatable bonds is 3. The molecule has 0 aliphatic heterocycles. The summed E-state index contributed by atoms with van der Waals surface area (Å²) < 4.78 is 0.757. The zero-order chi connectivity index (χ0) is 9.14. The van der Waals surface area contributed by atoms with Crippen molar-refractivity contribution in [2.75, 3.05) is 6.61 Å². The van der Waals surface area contributed by atoms with Crippen molar-refractivity contribution in [3.05, 3.63) is 20.8 Å². The minimum Gasteiger partial charge on any atom is -0.394 e. The molecule has 1 rings (SSSR count). The van der Waals surface area contributed by atoms with Gasteiger partial charge in [0.15, 0.2) is 0 Å². The summed E-state index contributed by atoms with van der Waals surface area (Å²) in [5.41, 5.74) is 0. The summed E-state index contributed by atoms with van der Waals surface area (Å²) >= 11 is 4.56. The van der Waals surface area contributed by atoms with Gasteiger partial charge in [0.2, 0.25) is 0 Å². The SMILES string of the molecule is OCC(O)C(O)c1sccc1Br. The molecule has 1 aromatic heterocycles. The van der Waals surface area contributed by atoms with E-state index in [0.717, 1.165) is 4.47 Å². The lowest BCUT2D eigenvalue weighted by Crippen LogP contribution is -2.21. The highest BCUT2D eigenvalue weighted by atomic mass is 79.9. The Bertz CT molecular complexity index is 251. The van der Waals surface area contributed by atoms with E-state index in [4.69, 9.17) is 10.2 Å². The smallest absolute Gasteiger partial charge is 0.117 e. The molecule has 1 heterocycles. The molecule has 0 spiro atoms. The minimum atomic E-state index is -1.11. The summed E-state index contributed by atoms with van der Waals surface area (Å²) in [5, 5.41) is 28.9. The highest BCUT2D eigenvalue weighted by Crippen LogP contribution is 2.30. The molecular weight excluding hydrogens is 244 g/mol. The van der Waals surface area contributed by atoms with Crippen LogP contribution in [0.2, 0.25) is 0 Å². The maximum absolute atomic E-state index is 9.43. The molecule has 68 valence electrons. The van der Waals surface area contributed by atoms with Crippen LogP contribution in [0.1, 0.15) is 11.0 Å². The van der Waals surface area contributed by atoms with Crippen LogP contribution in [0.3, 0.4) is 0 Å². The first-order valence-corrected chi connectivity index (χ1v) is 5.04. The summed E-state index contributed by atoms with van der Waals surface area (Å²) in [7, 11) is 0. The van der Waals surface area contributed by atoms with Crippen molar-refractivity contribution in [2.24, 2.45) is 0 Å². The third-order valence-electron chi connectivity index (χ3n) is 1.46. The number of halogens is 1. The van der Waals surface area contributed by atoms with E-state index >= 15 is 0 Å². The van der Waals surface area contributed by atoms with E-state index in [-0.39, 0.29) is 0 Å². The Morgan fingerprint density at radius 1 is 1.50 bits per heavy atom. The van der Waals surface area contributed by atoms with E-state index < -0.39 is 18.8 Å². The number of hydrogen-bond acceptors (Lipinski definition) is 4. The third kappa shape index (κ3) is 2.05. The predicted molar refractivity (Wildman–Crippen MR) is 50.1 cm³/mol. The molecule has 3 N–H and O–H groups in total. The fourth-order valence-electron chi connectivity index (χ4n) is 0.791. The van der Waals surface area contributed by atoms with E-state index in [0.29, 0.717) is 4.88 Å². The van der Waals surface area contributed by atoms with Crippen LogP contribution in [0.15, 0.2) is 15.9 Å². The molecular formula is C7H9BrO3S. The fraction of sp³-hybridized carbons (Fsp3) is 0.429. The lowest BCUT2D eigenvalue weighted by atomic mass is 10.2. The molecule has 0 bridgehead atoms. The van der Waals surface area contributed by atoms with Gasteiger partial charge in [-0.05, 0) is 27.4 Å². The van der Waals surface area contributed by atoms with Gasteiger partial charge in [0.1, 0.15) is 12.2 Å². The van der Waals surface area contributed by atoms with Crippen molar-refractivity contribution in [3.8, 4) is 0 Å². The second-order valence-electron chi connectivity index (χ2n) is 2.33. The van der Waals surface area contributed by atoms with Gasteiger partial charge in [0, 0.05) is 9.35 Å². The summed E-state index contributed by atoms with van der Waals surface area (Å²) in [6.45, 7) is -0.439. The quantitative estimate of drug-likeness (QED) is 0.750. The van der Waals surface area contributed by atoms with Crippen LogP contribution < -0.4 is 0 Å². The van der Waals surface area contributed by atoms with Crippen LogP contribution in [-0.2, 0) is 0 Å². The fourth-order valence-corrected chi connectivity index (χ4v) is 2.44. The molecule has 1 aromatic rings. The van der Waals surface area contributed by atoms with Crippen LogP contribution in [0.5, 0.6) is 0 Å². The monoisotopic (exact) mass is 252 g/mol. The second-order valence-corrected chi connectivity index (χ2v) is 4.13. The number of aliphatic hydroxyl groups is 3. The summed E-state index contributed by atoms with van der Waals surface area (Å²) in [4.78, 5) is 0.636. The van der Waals surface area contributed by atoms with Gasteiger partial charge in [-0.2, -0.15) is 0 Å². The second kappa shape index (κ2) is 4.34. The van der Waals surface area contributed by atoms with Gasteiger partial charge in [-0.25, -0.2) is 0 Å². The molecule has 0 amide bonds. The van der Waals surface area contributed by atoms with Crippen molar-refractivity contribution in [2.45, 2.75) is 12.2 Å². The average Bonchev–Trinajstić information content (AvgIpc) is 2.48. The molecule has 0 aromatic carbocycles. The molecule has 5 heteroatoms. The molecule has 3 nitrogen and oxygen atoms in total. The van der Waals surface area contributed by atoms with Crippen molar-refractivity contribution < 1.29 is 15.3 Å². The Balaban J connectivity index is 2.77. The van der Waals surface area contributed by atoms with Gasteiger partial charge in [-0.15, -0.1) is 11.3 Å². The van der Waals surface area contributed by atoms with Crippen LogP contribution in [0, 0.1) is 0 Å². The third-order valence-corrected chi connectivity index (χ3v) is 3.41. The van der Waals surface area contributed by atoms with Gasteiger partial charge < -0.3 is 15.3 Å². The van der Waals surface area contributed by atoms with Crippen LogP contribution in [-0.4, -0.2) is 28.0 Å². The molecule has 0 aliphatic rings. The normalized spacial score (nSPS) is 16.0. The minimum absolute atomic E-state index is 0.439. The highest BCUT2D eigenvalue weighted by molar-refractivity contribution is 9.10. The molecule has 2 unspecified atom stereocenters. The lowest BCUT2D eigenvalue weighted by Gasteiger charge is -2.14. The zero-order valence-corrected chi connectivity index (χ0v) is 8.55. The predicted octanol–water partition coefficient (Wildman–Crippen LogP) is 0.897. The van der Waals surface area contributed by atoms with Crippen molar-refractivity contribution in [1.29, 1.82) is 0 Å². The molecule has 2 atom stereocenters. The van der Waals surface area contributed by atoms with E-state index in [1.54, 1.807) is 11.4 Å². The summed E-state index contributed by atoms with van der Waals surface area (Å²) in [6, 6.07) is 1.79. The Labute approximate surface area is 82.4 Å². The van der Waals surface area contributed by atoms with Gasteiger partial charge in [-0.3, -0.25) is 0 Å². The van der Waals surface area contributed by atoms with Crippen LogP contribution in [0.4, 0.5) is 0 Å². The molecule has 0 radical (unpaired) electrons. The average molecular weight is 253 g/mol. The summed E-state index contributed by atoms with van der Waals surface area (Å²) in [5.74, 6) is 0. The van der Waals surface area contributed by atoms with E-state index in [2.05, 4.69) is 15.9 Å². The number of aliphatic hydroxyl groups excluding tert-OH is 3. The first-order valence-electron chi connectivity index (χ1n) is 3.36. The van der Waals surface area contributed by atoms with E-state index in [9.17, 15) is 5.11 Å². The van der Waals surface area contributed by atoms with E-state index in [1.165, 1.54) is 11.3 Å². The van der Waals surface area contributed by atoms with Gasteiger partial charge in [0.05, 0.1) is 6.61 Å². The molecule has 12 heavy (non-hydrogen) atoms. The Morgan fingerprint density at radius 2 is 2.17 bits per heavy atom. The molecule has 0 saturated heterocycles. The highest BCUT2D eigenvalue weighted by Gasteiger charge is 2.20. The standard InChI is InChI=1S/C7H9BrO3S/c8-4-1-2-12-7(4)6(11)5(10)3-9/h1-2,5-6,9-11H,3H2. The first-order chi connectivity index (χ1) is 5.66. The molecule has 0 fully saturated rings. The Morgan fingerprint density at radius 3 is 2.58 bits per heavy atom. The maximum atomic E-state index is 9.43. The van der Waals surface area contributed by atoms with Crippen LogP contribution >= 0.6 is 27.3 Å². The Hall–Kier alpha value is 0.0600. The summed E-state index contributed by atoms with van der Waals surface area (Å²) in [6.07, 6.45) is -2.12. The van der Waals surface area contributed by atoms with Gasteiger partial charge >= 0.3 is 0 Å². The van der Waals surface area contributed by atoms with Crippen molar-refractivity contribution >= 4 is 27.3 Å². The topological polar surface area (TPSA) is 60.7 Å². The zero-order valence-electron chi connectivity index (χ0n) is 6.14. The van der Waals surface area contributed by atoms with Crippen LogP contribution in [0.25, 0.3) is 0 Å². The van der Waals surface area contributed by atoms with E-state index in [1.807, 2.05) is 0 Å².